The molecule has 0 spiro atoms. The van der Waals surface area contributed by atoms with Crippen molar-refractivity contribution in [3.63, 3.8) is 0 Å². The van der Waals surface area contributed by atoms with E-state index in [0.29, 0.717) is 5.02 Å². The molecule has 64 valence electrons. The van der Waals surface area contributed by atoms with Gasteiger partial charge < -0.3 is 4.74 Å². The van der Waals surface area contributed by atoms with E-state index in [-0.39, 0.29) is 12.6 Å². The normalized spacial score (nSPS) is 9.50. The van der Waals surface area contributed by atoms with Crippen molar-refractivity contribution < 1.29 is 9.53 Å². The molecule has 1 aromatic rings. The lowest BCUT2D eigenvalue weighted by Crippen LogP contribution is -1.99. The van der Waals surface area contributed by atoms with Crippen LogP contribution in [0.15, 0.2) is 18.5 Å². The molecule has 0 bridgehead atoms. The molecule has 0 unspecified atom stereocenters. The lowest BCUT2D eigenvalue weighted by atomic mass is 10.3. The van der Waals surface area contributed by atoms with Crippen molar-refractivity contribution in [1.29, 1.82) is 0 Å². The van der Waals surface area contributed by atoms with E-state index in [2.05, 4.69) is 4.98 Å². The number of pyridine rings is 1. The molecule has 0 aliphatic heterocycles. The first kappa shape index (κ1) is 9.00. The summed E-state index contributed by atoms with van der Waals surface area (Å²) in [6, 6.07) is 1.65. The Hall–Kier alpha value is -1.09. The van der Waals surface area contributed by atoms with Gasteiger partial charge in [-0.2, -0.15) is 0 Å². The summed E-state index contributed by atoms with van der Waals surface area (Å²) in [7, 11) is 0. The maximum Gasteiger partial charge on any atom is 0.302 e. The van der Waals surface area contributed by atoms with Crippen LogP contribution in [0, 0.1) is 0 Å². The zero-order valence-corrected chi connectivity index (χ0v) is 7.34. The summed E-state index contributed by atoms with van der Waals surface area (Å²) >= 11 is 5.78. The number of hydrogen-bond acceptors (Lipinski definition) is 3. The van der Waals surface area contributed by atoms with Gasteiger partial charge in [-0.25, -0.2) is 0 Å². The number of rotatable bonds is 2. The Balaban J connectivity index is 2.63. The minimum Gasteiger partial charge on any atom is -0.461 e. The lowest BCUT2D eigenvalue weighted by Gasteiger charge is -2.02. The van der Waals surface area contributed by atoms with Gasteiger partial charge >= 0.3 is 5.97 Å². The summed E-state index contributed by atoms with van der Waals surface area (Å²) in [4.78, 5) is 14.3. The Labute approximate surface area is 75.3 Å². The highest BCUT2D eigenvalue weighted by Crippen LogP contribution is 2.13. The fourth-order valence-corrected chi connectivity index (χ4v) is 0.855. The Morgan fingerprint density at radius 3 is 3.08 bits per heavy atom. The Morgan fingerprint density at radius 2 is 2.50 bits per heavy atom. The van der Waals surface area contributed by atoms with Crippen LogP contribution in [0.4, 0.5) is 0 Å². The van der Waals surface area contributed by atoms with E-state index >= 15 is 0 Å². The second-order valence-electron chi connectivity index (χ2n) is 2.25. The standard InChI is InChI=1S/C8H8ClNO2/c1-6(11)12-5-7-4-10-3-2-8(7)9/h2-4H,5H2,1H3. The number of ether oxygens (including phenoxy) is 1. The molecule has 0 amide bonds. The molecular weight excluding hydrogens is 178 g/mol. The highest BCUT2D eigenvalue weighted by Gasteiger charge is 2.00. The molecule has 3 nitrogen and oxygen atoms in total. The third-order valence-electron chi connectivity index (χ3n) is 1.28. The molecular formula is C8H8ClNO2. The minimum atomic E-state index is -0.324. The summed E-state index contributed by atoms with van der Waals surface area (Å²) in [5.41, 5.74) is 0.717. The fraction of sp³-hybridized carbons (Fsp3) is 0.250. The zero-order chi connectivity index (χ0) is 8.97. The highest BCUT2D eigenvalue weighted by atomic mass is 35.5. The quantitative estimate of drug-likeness (QED) is 0.660. The summed E-state index contributed by atoms with van der Waals surface area (Å²) in [5, 5.41) is 0.561. The van der Waals surface area contributed by atoms with Crippen molar-refractivity contribution in [1.82, 2.24) is 4.98 Å². The molecule has 0 radical (unpaired) electrons. The van der Waals surface area contributed by atoms with Gasteiger partial charge in [0.2, 0.25) is 0 Å². The third kappa shape index (κ3) is 2.51. The molecule has 0 saturated heterocycles. The van der Waals surface area contributed by atoms with Crippen molar-refractivity contribution in [2.24, 2.45) is 0 Å². The second-order valence-corrected chi connectivity index (χ2v) is 2.65. The molecule has 0 fully saturated rings. The van der Waals surface area contributed by atoms with Gasteiger partial charge in [-0.1, -0.05) is 11.6 Å². The number of carbonyl (C=O) groups excluding carboxylic acids is 1. The van der Waals surface area contributed by atoms with Crippen molar-refractivity contribution in [3.05, 3.63) is 29.0 Å². The summed E-state index contributed by atoms with van der Waals surface area (Å²) < 4.78 is 4.75. The Morgan fingerprint density at radius 1 is 1.75 bits per heavy atom. The molecule has 1 aromatic heterocycles. The van der Waals surface area contributed by atoms with Gasteiger partial charge in [-0.3, -0.25) is 9.78 Å². The smallest absolute Gasteiger partial charge is 0.302 e. The zero-order valence-electron chi connectivity index (χ0n) is 6.58. The summed E-state index contributed by atoms with van der Waals surface area (Å²) in [5.74, 6) is -0.324. The van der Waals surface area contributed by atoms with Gasteiger partial charge in [0, 0.05) is 24.9 Å². The molecule has 12 heavy (non-hydrogen) atoms. The third-order valence-corrected chi connectivity index (χ3v) is 1.64. The van der Waals surface area contributed by atoms with Crippen LogP contribution in [0.5, 0.6) is 0 Å². The number of halogens is 1. The molecule has 0 aliphatic rings. The molecule has 0 aliphatic carbocycles. The maximum absolute atomic E-state index is 10.4. The van der Waals surface area contributed by atoms with Crippen molar-refractivity contribution in [2.75, 3.05) is 0 Å². The van der Waals surface area contributed by atoms with Crippen LogP contribution in [0.3, 0.4) is 0 Å². The number of carbonyl (C=O) groups is 1. The van der Waals surface area contributed by atoms with Crippen molar-refractivity contribution in [3.8, 4) is 0 Å². The highest BCUT2D eigenvalue weighted by molar-refractivity contribution is 6.31. The molecule has 4 heteroatoms. The molecule has 0 atom stereocenters. The predicted molar refractivity (Wildman–Crippen MR) is 44.7 cm³/mol. The fourth-order valence-electron chi connectivity index (χ4n) is 0.696. The van der Waals surface area contributed by atoms with E-state index in [0.717, 1.165) is 5.56 Å². The van der Waals surface area contributed by atoms with Crippen LogP contribution >= 0.6 is 11.6 Å². The van der Waals surface area contributed by atoms with E-state index in [1.807, 2.05) is 0 Å². The first-order chi connectivity index (χ1) is 5.70. The Bertz CT molecular complexity index is 288. The van der Waals surface area contributed by atoms with Gasteiger partial charge in [-0.15, -0.1) is 0 Å². The summed E-state index contributed by atoms with van der Waals surface area (Å²) in [6.45, 7) is 1.53. The number of nitrogens with zero attached hydrogens (tertiary/aromatic N) is 1. The number of esters is 1. The van der Waals surface area contributed by atoms with Gasteiger partial charge in [0.25, 0.3) is 0 Å². The van der Waals surface area contributed by atoms with E-state index in [9.17, 15) is 4.79 Å². The van der Waals surface area contributed by atoms with E-state index < -0.39 is 0 Å². The van der Waals surface area contributed by atoms with E-state index in [1.165, 1.54) is 6.92 Å². The van der Waals surface area contributed by atoms with E-state index in [4.69, 9.17) is 16.3 Å². The number of aromatic nitrogens is 1. The summed E-state index contributed by atoms with van der Waals surface area (Å²) in [6.07, 6.45) is 3.16. The maximum atomic E-state index is 10.4. The monoisotopic (exact) mass is 185 g/mol. The predicted octanol–water partition coefficient (Wildman–Crippen LogP) is 1.80. The van der Waals surface area contributed by atoms with Crippen LogP contribution in [0.2, 0.25) is 5.02 Å². The molecule has 0 saturated carbocycles. The molecule has 1 heterocycles. The van der Waals surface area contributed by atoms with Gasteiger partial charge in [-0.05, 0) is 6.07 Å². The van der Waals surface area contributed by atoms with Gasteiger partial charge in [0.15, 0.2) is 0 Å². The van der Waals surface area contributed by atoms with Gasteiger partial charge in [0.05, 0.1) is 5.02 Å². The van der Waals surface area contributed by atoms with Crippen LogP contribution in [-0.2, 0) is 16.1 Å². The molecule has 1 rings (SSSR count). The lowest BCUT2D eigenvalue weighted by molar-refractivity contribution is -0.142. The van der Waals surface area contributed by atoms with Crippen molar-refractivity contribution in [2.45, 2.75) is 13.5 Å². The SMILES string of the molecule is CC(=O)OCc1cnccc1Cl. The second kappa shape index (κ2) is 4.07. The van der Waals surface area contributed by atoms with Crippen LogP contribution in [-0.4, -0.2) is 11.0 Å². The van der Waals surface area contributed by atoms with E-state index in [1.54, 1.807) is 18.5 Å². The average Bonchev–Trinajstić information content (AvgIpc) is 2.03. The molecule has 0 aromatic carbocycles. The largest absolute Gasteiger partial charge is 0.461 e. The van der Waals surface area contributed by atoms with Crippen LogP contribution < -0.4 is 0 Å². The van der Waals surface area contributed by atoms with Gasteiger partial charge in [0.1, 0.15) is 6.61 Å². The minimum absolute atomic E-state index is 0.183. The van der Waals surface area contributed by atoms with Crippen LogP contribution in [0.1, 0.15) is 12.5 Å². The molecule has 0 N–H and O–H groups in total. The van der Waals surface area contributed by atoms with Crippen molar-refractivity contribution >= 4 is 17.6 Å². The average molecular weight is 186 g/mol. The first-order valence-electron chi connectivity index (χ1n) is 3.42. The first-order valence-corrected chi connectivity index (χ1v) is 3.79. The Kier molecular flexibility index (Phi) is 3.05. The number of hydrogen-bond donors (Lipinski definition) is 0. The topological polar surface area (TPSA) is 39.2 Å². The van der Waals surface area contributed by atoms with Crippen LogP contribution in [0.25, 0.3) is 0 Å².